The van der Waals surface area contributed by atoms with E-state index in [1.165, 1.54) is 49.6 Å². The Morgan fingerprint density at radius 2 is 1.04 bits per heavy atom. The van der Waals surface area contributed by atoms with Crippen molar-refractivity contribution in [1.82, 2.24) is 9.88 Å². The number of aromatic nitrogens is 1. The molecule has 0 radical (unpaired) electrons. The van der Waals surface area contributed by atoms with E-state index in [1.54, 1.807) is 25.3 Å². The number of para-hydroxylation sites is 1. The highest BCUT2D eigenvalue weighted by molar-refractivity contribution is 6.12. The van der Waals surface area contributed by atoms with Crippen molar-refractivity contribution in [2.45, 2.75) is 0 Å². The SMILES string of the molecule is C=C(Nc1ccc2oc3ccc(-n4c5ccccc5c5cc(-c6ccccc6)ccc54)cc3c2c1)c1cccc(-c2cccc(-c3ccccc3)c2)c1.C=CC(=C)c1cccc(C(=O)NC)c1. The number of hydrogen-bond acceptors (Lipinski definition) is 3. The van der Waals surface area contributed by atoms with Crippen LogP contribution in [-0.2, 0) is 0 Å². The predicted molar refractivity (Wildman–Crippen MR) is 283 cm³/mol. The van der Waals surface area contributed by atoms with E-state index in [0.717, 1.165) is 61.3 Å². The first-order chi connectivity index (χ1) is 32.8. The van der Waals surface area contributed by atoms with Crippen molar-refractivity contribution in [3.8, 4) is 39.1 Å². The smallest absolute Gasteiger partial charge is 0.251 e. The van der Waals surface area contributed by atoms with Crippen molar-refractivity contribution >= 4 is 66.6 Å². The Kier molecular flexibility index (Phi) is 11.5. The molecule has 5 heteroatoms. The molecule has 0 unspecified atom stereocenters. The number of carbonyl (C=O) groups excluding carboxylic acids is 1. The third kappa shape index (κ3) is 8.46. The van der Waals surface area contributed by atoms with Gasteiger partial charge in [0.1, 0.15) is 11.2 Å². The number of benzene rings is 9. The number of nitrogens with zero attached hydrogens (tertiary/aromatic N) is 1. The lowest BCUT2D eigenvalue weighted by Crippen LogP contribution is -2.17. The molecule has 11 aromatic rings. The standard InChI is InChI=1S/C50H34N2O.C12H13NO/c1-33(36-16-10-18-38(28-36)39-19-11-17-37(29-39)34-12-4-2-5-13-34)51-41-23-26-49-45(31-41)46-32-42(24-27-50(46)53-49)52-47-21-9-8-20-43(47)44-30-40(22-25-48(44)52)35-14-6-3-7-15-35;1-4-9(2)10-6-5-7-11(8-10)12(14)13-3/h2-32,51H,1H2;4-8H,1-2H2,3H3,(H,13,14). The Hall–Kier alpha value is -8.93. The second kappa shape index (κ2) is 18.3. The van der Waals surface area contributed by atoms with Crippen molar-refractivity contribution < 1.29 is 9.21 Å². The molecule has 322 valence electrons. The van der Waals surface area contributed by atoms with Gasteiger partial charge in [0.2, 0.25) is 0 Å². The third-order valence-corrected chi connectivity index (χ3v) is 12.3. The molecule has 0 saturated heterocycles. The fourth-order valence-electron chi connectivity index (χ4n) is 8.81. The Balaban J connectivity index is 0.000000324. The van der Waals surface area contributed by atoms with Crippen molar-refractivity contribution in [2.75, 3.05) is 12.4 Å². The van der Waals surface area contributed by atoms with Crippen LogP contribution in [0.5, 0.6) is 0 Å². The van der Waals surface area contributed by atoms with Crippen LogP contribution in [0.3, 0.4) is 0 Å². The second-order valence-corrected chi connectivity index (χ2v) is 16.5. The Bertz CT molecular complexity index is 3670. The van der Waals surface area contributed by atoms with Gasteiger partial charge < -0.3 is 19.6 Å². The molecule has 5 nitrogen and oxygen atoms in total. The Morgan fingerprint density at radius 1 is 0.478 bits per heavy atom. The van der Waals surface area contributed by atoms with Gasteiger partial charge in [0.15, 0.2) is 0 Å². The topological polar surface area (TPSA) is 59.2 Å². The van der Waals surface area contributed by atoms with Crippen LogP contribution >= 0.6 is 0 Å². The summed E-state index contributed by atoms with van der Waals surface area (Å²) < 4.78 is 8.72. The van der Waals surface area contributed by atoms with Crippen LogP contribution in [0.25, 0.3) is 94.1 Å². The van der Waals surface area contributed by atoms with Gasteiger partial charge in [-0.3, -0.25) is 4.79 Å². The molecule has 2 aromatic heterocycles. The summed E-state index contributed by atoms with van der Waals surface area (Å²) >= 11 is 0. The van der Waals surface area contributed by atoms with E-state index in [1.807, 2.05) is 24.3 Å². The molecule has 1 amide bonds. The van der Waals surface area contributed by atoms with Crippen LogP contribution in [-0.4, -0.2) is 17.5 Å². The first-order valence-corrected chi connectivity index (χ1v) is 22.3. The molecule has 0 bridgehead atoms. The number of allylic oxidation sites excluding steroid dienone is 2. The first kappa shape index (κ1) is 42.0. The summed E-state index contributed by atoms with van der Waals surface area (Å²) in [6, 6.07) is 73.8. The van der Waals surface area contributed by atoms with E-state index in [-0.39, 0.29) is 5.91 Å². The lowest BCUT2D eigenvalue weighted by Gasteiger charge is -2.12. The van der Waals surface area contributed by atoms with E-state index in [4.69, 9.17) is 4.42 Å². The van der Waals surface area contributed by atoms with Gasteiger partial charge in [0.05, 0.1) is 11.0 Å². The number of rotatable bonds is 10. The number of fused-ring (bicyclic) bond motifs is 6. The molecule has 0 atom stereocenters. The summed E-state index contributed by atoms with van der Waals surface area (Å²) in [4.78, 5) is 11.3. The largest absolute Gasteiger partial charge is 0.456 e. The Labute approximate surface area is 390 Å². The van der Waals surface area contributed by atoms with Crippen LogP contribution < -0.4 is 10.6 Å². The van der Waals surface area contributed by atoms with E-state index in [2.05, 4.69) is 211 Å². The normalized spacial score (nSPS) is 11.0. The minimum Gasteiger partial charge on any atom is -0.456 e. The molecule has 0 aliphatic rings. The highest BCUT2D eigenvalue weighted by Gasteiger charge is 2.16. The molecule has 67 heavy (non-hydrogen) atoms. The lowest BCUT2D eigenvalue weighted by atomic mass is 9.97. The van der Waals surface area contributed by atoms with Gasteiger partial charge in [0, 0.05) is 51.2 Å². The average molecular weight is 866 g/mol. The zero-order valence-electron chi connectivity index (χ0n) is 37.2. The second-order valence-electron chi connectivity index (χ2n) is 16.5. The molecule has 0 saturated carbocycles. The summed E-state index contributed by atoms with van der Waals surface area (Å²) in [5.41, 5.74) is 17.5. The summed E-state index contributed by atoms with van der Waals surface area (Å²) in [7, 11) is 1.61. The minimum atomic E-state index is -0.0938. The number of anilines is 1. The van der Waals surface area contributed by atoms with Crippen LogP contribution in [0.1, 0.15) is 21.5 Å². The Morgan fingerprint density at radius 3 is 1.78 bits per heavy atom. The molecule has 11 rings (SSSR count). The third-order valence-electron chi connectivity index (χ3n) is 12.3. The number of nitrogens with one attached hydrogen (secondary N) is 2. The maximum atomic E-state index is 11.3. The summed E-state index contributed by atoms with van der Waals surface area (Å²) in [6.07, 6.45) is 1.67. The fraction of sp³-hybridized carbons (Fsp3) is 0.0161. The summed E-state index contributed by atoms with van der Waals surface area (Å²) in [5, 5.41) is 10.7. The van der Waals surface area contributed by atoms with Crippen LogP contribution in [0.2, 0.25) is 0 Å². The highest BCUT2D eigenvalue weighted by atomic mass is 16.3. The number of furan rings is 1. The van der Waals surface area contributed by atoms with Gasteiger partial charge in [-0.05, 0) is 129 Å². The molecule has 0 fully saturated rings. The van der Waals surface area contributed by atoms with Gasteiger partial charge in [-0.2, -0.15) is 0 Å². The number of carbonyl (C=O) groups is 1. The van der Waals surface area contributed by atoms with E-state index >= 15 is 0 Å². The van der Waals surface area contributed by atoms with Crippen LogP contribution in [0.15, 0.2) is 243 Å². The maximum Gasteiger partial charge on any atom is 0.251 e. The van der Waals surface area contributed by atoms with E-state index in [0.29, 0.717) is 5.56 Å². The van der Waals surface area contributed by atoms with Crippen molar-refractivity contribution in [1.29, 1.82) is 0 Å². The first-order valence-electron chi connectivity index (χ1n) is 22.3. The zero-order valence-corrected chi connectivity index (χ0v) is 37.2. The van der Waals surface area contributed by atoms with Crippen LogP contribution in [0, 0.1) is 0 Å². The van der Waals surface area contributed by atoms with Crippen molar-refractivity contribution in [3.63, 3.8) is 0 Å². The van der Waals surface area contributed by atoms with E-state index in [9.17, 15) is 4.79 Å². The molecule has 9 aromatic carbocycles. The molecule has 0 aliphatic heterocycles. The molecular formula is C62H47N3O2. The van der Waals surface area contributed by atoms with Crippen molar-refractivity contribution in [3.05, 3.63) is 255 Å². The minimum absolute atomic E-state index is 0.0938. The van der Waals surface area contributed by atoms with Crippen molar-refractivity contribution in [2.24, 2.45) is 0 Å². The van der Waals surface area contributed by atoms with Crippen LogP contribution in [0.4, 0.5) is 5.69 Å². The lowest BCUT2D eigenvalue weighted by molar-refractivity contribution is 0.0963. The van der Waals surface area contributed by atoms with Gasteiger partial charge in [-0.1, -0.05) is 159 Å². The maximum absolute atomic E-state index is 11.3. The molecule has 0 aliphatic carbocycles. The molecule has 2 heterocycles. The summed E-state index contributed by atoms with van der Waals surface area (Å²) in [6.45, 7) is 11.9. The highest BCUT2D eigenvalue weighted by Crippen LogP contribution is 2.38. The zero-order chi connectivity index (χ0) is 45.9. The quantitative estimate of drug-likeness (QED) is 0.135. The number of amides is 1. The van der Waals surface area contributed by atoms with E-state index < -0.39 is 0 Å². The number of hydrogen-bond donors (Lipinski definition) is 2. The summed E-state index contributed by atoms with van der Waals surface area (Å²) in [5.74, 6) is -0.0938. The molecule has 0 spiro atoms. The monoisotopic (exact) mass is 865 g/mol. The predicted octanol–water partition coefficient (Wildman–Crippen LogP) is 16.0. The average Bonchev–Trinajstić information content (AvgIpc) is 3.93. The molecule has 2 N–H and O–H groups in total. The molecular weight excluding hydrogens is 819 g/mol. The van der Waals surface area contributed by atoms with Gasteiger partial charge in [-0.25, -0.2) is 0 Å². The van der Waals surface area contributed by atoms with Gasteiger partial charge in [-0.15, -0.1) is 0 Å². The fourth-order valence-corrected chi connectivity index (χ4v) is 8.81. The van der Waals surface area contributed by atoms with Gasteiger partial charge in [0.25, 0.3) is 5.91 Å². The van der Waals surface area contributed by atoms with Gasteiger partial charge >= 0.3 is 0 Å².